The van der Waals surface area contributed by atoms with Gasteiger partial charge in [0.2, 0.25) is 5.91 Å². The van der Waals surface area contributed by atoms with Gasteiger partial charge in [0.05, 0.1) is 33.4 Å². The van der Waals surface area contributed by atoms with Gasteiger partial charge in [-0.25, -0.2) is 0 Å². The second kappa shape index (κ2) is 9.86. The highest BCUT2D eigenvalue weighted by Crippen LogP contribution is 2.33. The van der Waals surface area contributed by atoms with Gasteiger partial charge in [0.25, 0.3) is 0 Å². The summed E-state index contributed by atoms with van der Waals surface area (Å²) in [5.41, 5.74) is 3.26. The number of carbonyl (C=O) groups is 1. The van der Waals surface area contributed by atoms with Gasteiger partial charge in [-0.1, -0.05) is 38.1 Å². The molecule has 5 nitrogen and oxygen atoms in total. The fourth-order valence-corrected chi connectivity index (χ4v) is 2.85. The molecule has 0 radical (unpaired) electrons. The van der Waals surface area contributed by atoms with Crippen molar-refractivity contribution < 1.29 is 19.0 Å². The van der Waals surface area contributed by atoms with Gasteiger partial charge in [0.15, 0.2) is 0 Å². The van der Waals surface area contributed by atoms with Crippen molar-refractivity contribution in [3.63, 3.8) is 0 Å². The molecular weight excluding hydrogens is 342 g/mol. The second-order valence-electron chi connectivity index (χ2n) is 6.68. The summed E-state index contributed by atoms with van der Waals surface area (Å²) in [4.78, 5) is 12.3. The Morgan fingerprint density at radius 1 is 0.963 bits per heavy atom. The maximum absolute atomic E-state index is 12.3. The largest absolute Gasteiger partial charge is 0.496 e. The molecule has 0 spiro atoms. The van der Waals surface area contributed by atoms with Crippen molar-refractivity contribution in [2.45, 2.75) is 39.2 Å². The molecule has 0 aliphatic heterocycles. The Bertz CT molecular complexity index is 728. The van der Waals surface area contributed by atoms with E-state index in [2.05, 4.69) is 43.4 Å². The Morgan fingerprint density at radius 2 is 1.56 bits per heavy atom. The normalized spacial score (nSPS) is 10.6. The third-order valence-electron chi connectivity index (χ3n) is 4.57. The first-order chi connectivity index (χ1) is 13.0. The summed E-state index contributed by atoms with van der Waals surface area (Å²) in [5, 5.41) is 2.95. The summed E-state index contributed by atoms with van der Waals surface area (Å²) in [7, 11) is 4.75. The molecule has 0 unspecified atom stereocenters. The standard InChI is InChI=1S/C22H29NO4/c1-15(2)17-9-6-16(7-10-17)8-11-22(24)23-14-19-20(26-4)12-18(25-3)13-21(19)27-5/h6-7,9-10,12-13,15H,8,11,14H2,1-5H3,(H,23,24). The van der Waals surface area contributed by atoms with Gasteiger partial charge >= 0.3 is 0 Å². The molecule has 0 heterocycles. The molecule has 0 atom stereocenters. The van der Waals surface area contributed by atoms with Gasteiger partial charge in [-0.2, -0.15) is 0 Å². The van der Waals surface area contributed by atoms with E-state index in [1.54, 1.807) is 33.5 Å². The van der Waals surface area contributed by atoms with Crippen LogP contribution < -0.4 is 19.5 Å². The van der Waals surface area contributed by atoms with Crippen molar-refractivity contribution in [3.8, 4) is 17.2 Å². The lowest BCUT2D eigenvalue weighted by Crippen LogP contribution is -2.23. The quantitative estimate of drug-likeness (QED) is 0.721. The number of ether oxygens (including phenoxy) is 3. The zero-order chi connectivity index (χ0) is 19.8. The van der Waals surface area contributed by atoms with Crippen LogP contribution in [0.15, 0.2) is 36.4 Å². The third-order valence-corrected chi connectivity index (χ3v) is 4.57. The number of hydrogen-bond acceptors (Lipinski definition) is 4. The molecule has 0 aromatic heterocycles. The van der Waals surface area contributed by atoms with Gasteiger partial charge in [-0.15, -0.1) is 0 Å². The predicted molar refractivity (Wildman–Crippen MR) is 107 cm³/mol. The minimum Gasteiger partial charge on any atom is -0.496 e. The van der Waals surface area contributed by atoms with Crippen LogP contribution in [0.3, 0.4) is 0 Å². The van der Waals surface area contributed by atoms with Crippen molar-refractivity contribution in [1.29, 1.82) is 0 Å². The maximum atomic E-state index is 12.3. The number of benzene rings is 2. The first-order valence-electron chi connectivity index (χ1n) is 9.12. The Morgan fingerprint density at radius 3 is 2.04 bits per heavy atom. The lowest BCUT2D eigenvalue weighted by molar-refractivity contribution is -0.121. The fourth-order valence-electron chi connectivity index (χ4n) is 2.85. The van der Waals surface area contributed by atoms with E-state index in [9.17, 15) is 4.79 Å². The van der Waals surface area contributed by atoms with Crippen LogP contribution in [0.25, 0.3) is 0 Å². The highest BCUT2D eigenvalue weighted by Gasteiger charge is 2.14. The Labute approximate surface area is 161 Å². The summed E-state index contributed by atoms with van der Waals surface area (Å²) in [6.45, 7) is 4.68. The van der Waals surface area contributed by atoms with Crippen molar-refractivity contribution >= 4 is 5.91 Å². The molecule has 146 valence electrons. The summed E-state index contributed by atoms with van der Waals surface area (Å²) < 4.78 is 16.1. The number of rotatable bonds is 9. The molecule has 2 aromatic rings. The summed E-state index contributed by atoms with van der Waals surface area (Å²) in [6.07, 6.45) is 1.14. The van der Waals surface area contributed by atoms with E-state index in [0.29, 0.717) is 42.6 Å². The number of carbonyl (C=O) groups excluding carboxylic acids is 1. The lowest BCUT2D eigenvalue weighted by Gasteiger charge is -2.15. The number of methoxy groups -OCH3 is 3. The molecule has 0 aliphatic carbocycles. The number of aryl methyl sites for hydroxylation is 1. The third kappa shape index (κ3) is 5.64. The molecule has 0 fully saturated rings. The molecule has 0 saturated heterocycles. The molecule has 2 aromatic carbocycles. The molecule has 0 saturated carbocycles. The lowest BCUT2D eigenvalue weighted by atomic mass is 10.0. The van der Waals surface area contributed by atoms with Crippen molar-refractivity contribution in [2.24, 2.45) is 0 Å². The molecule has 1 amide bonds. The number of nitrogens with one attached hydrogen (secondary N) is 1. The molecular formula is C22H29NO4. The molecule has 0 aliphatic rings. The number of amides is 1. The van der Waals surface area contributed by atoms with E-state index in [-0.39, 0.29) is 5.91 Å². The minimum absolute atomic E-state index is 0.0112. The molecule has 5 heteroatoms. The Balaban J connectivity index is 1.95. The van der Waals surface area contributed by atoms with Gasteiger partial charge in [-0.3, -0.25) is 4.79 Å². The summed E-state index contributed by atoms with van der Waals surface area (Å²) in [6, 6.07) is 12.0. The molecule has 1 N–H and O–H groups in total. The zero-order valence-electron chi connectivity index (χ0n) is 16.8. The Hall–Kier alpha value is -2.69. The second-order valence-corrected chi connectivity index (χ2v) is 6.68. The highest BCUT2D eigenvalue weighted by molar-refractivity contribution is 5.76. The number of hydrogen-bond donors (Lipinski definition) is 1. The average Bonchev–Trinajstić information content (AvgIpc) is 2.70. The van der Waals surface area contributed by atoms with Crippen LogP contribution in [0, 0.1) is 0 Å². The van der Waals surface area contributed by atoms with Crippen molar-refractivity contribution in [1.82, 2.24) is 5.32 Å². The zero-order valence-corrected chi connectivity index (χ0v) is 16.8. The first-order valence-corrected chi connectivity index (χ1v) is 9.12. The maximum Gasteiger partial charge on any atom is 0.220 e. The van der Waals surface area contributed by atoms with E-state index in [4.69, 9.17) is 14.2 Å². The van der Waals surface area contributed by atoms with Crippen LogP contribution in [-0.4, -0.2) is 27.2 Å². The van der Waals surface area contributed by atoms with Gasteiger partial charge < -0.3 is 19.5 Å². The SMILES string of the molecule is COc1cc(OC)c(CNC(=O)CCc2ccc(C(C)C)cc2)c(OC)c1. The van der Waals surface area contributed by atoms with Crippen molar-refractivity contribution in [2.75, 3.05) is 21.3 Å². The van der Waals surface area contributed by atoms with E-state index in [1.165, 1.54) is 5.56 Å². The monoisotopic (exact) mass is 371 g/mol. The van der Waals surface area contributed by atoms with Crippen LogP contribution in [0.1, 0.15) is 42.9 Å². The van der Waals surface area contributed by atoms with E-state index >= 15 is 0 Å². The van der Waals surface area contributed by atoms with Crippen LogP contribution in [0.4, 0.5) is 0 Å². The molecule has 27 heavy (non-hydrogen) atoms. The van der Waals surface area contributed by atoms with Crippen LogP contribution >= 0.6 is 0 Å². The summed E-state index contributed by atoms with van der Waals surface area (Å²) in [5.74, 6) is 2.38. The van der Waals surface area contributed by atoms with Gasteiger partial charge in [0, 0.05) is 18.6 Å². The molecule has 2 rings (SSSR count). The highest BCUT2D eigenvalue weighted by atomic mass is 16.5. The fraction of sp³-hybridized carbons (Fsp3) is 0.409. The van der Waals surface area contributed by atoms with Crippen molar-refractivity contribution in [3.05, 3.63) is 53.1 Å². The minimum atomic E-state index is -0.0112. The van der Waals surface area contributed by atoms with Crippen LogP contribution in [-0.2, 0) is 17.8 Å². The van der Waals surface area contributed by atoms with E-state index in [0.717, 1.165) is 11.1 Å². The molecule has 0 bridgehead atoms. The van der Waals surface area contributed by atoms with Gasteiger partial charge in [-0.05, 0) is 23.5 Å². The first kappa shape index (κ1) is 20.6. The van der Waals surface area contributed by atoms with E-state index < -0.39 is 0 Å². The van der Waals surface area contributed by atoms with E-state index in [1.807, 2.05) is 0 Å². The average molecular weight is 371 g/mol. The van der Waals surface area contributed by atoms with Crippen LogP contribution in [0.5, 0.6) is 17.2 Å². The topological polar surface area (TPSA) is 56.8 Å². The smallest absolute Gasteiger partial charge is 0.220 e. The predicted octanol–water partition coefficient (Wildman–Crippen LogP) is 4.08. The van der Waals surface area contributed by atoms with Gasteiger partial charge in [0.1, 0.15) is 17.2 Å². The van der Waals surface area contributed by atoms with Crippen LogP contribution in [0.2, 0.25) is 0 Å². The summed E-state index contributed by atoms with van der Waals surface area (Å²) >= 11 is 0. The Kier molecular flexibility index (Phi) is 7.53.